The SMILES string of the molecule is COc1cc(C#N)cc(Oc2ccnc(Cl)c2)c1. The molecule has 2 aromatic rings. The number of benzene rings is 1. The number of halogens is 1. The van der Waals surface area contributed by atoms with Crippen molar-refractivity contribution in [3.8, 4) is 23.3 Å². The summed E-state index contributed by atoms with van der Waals surface area (Å²) < 4.78 is 10.7. The lowest BCUT2D eigenvalue weighted by Crippen LogP contribution is -1.89. The second-order valence-corrected chi connectivity index (χ2v) is 3.81. The Kier molecular flexibility index (Phi) is 3.66. The summed E-state index contributed by atoms with van der Waals surface area (Å²) in [6.07, 6.45) is 1.54. The van der Waals surface area contributed by atoms with Gasteiger partial charge in [0.05, 0.1) is 18.7 Å². The molecule has 0 saturated carbocycles. The Balaban J connectivity index is 2.31. The Bertz CT molecular complexity index is 608. The second kappa shape index (κ2) is 5.39. The minimum atomic E-state index is 0.343. The van der Waals surface area contributed by atoms with E-state index in [0.717, 1.165) is 0 Å². The number of aromatic nitrogens is 1. The maximum atomic E-state index is 8.90. The van der Waals surface area contributed by atoms with Crippen molar-refractivity contribution in [3.05, 3.63) is 47.2 Å². The van der Waals surface area contributed by atoms with Gasteiger partial charge in [-0.05, 0) is 18.2 Å². The highest BCUT2D eigenvalue weighted by Gasteiger charge is 2.04. The van der Waals surface area contributed by atoms with E-state index in [1.165, 1.54) is 7.11 Å². The van der Waals surface area contributed by atoms with Gasteiger partial charge in [-0.1, -0.05) is 11.6 Å². The molecule has 0 unspecified atom stereocenters. The van der Waals surface area contributed by atoms with Crippen molar-refractivity contribution in [3.63, 3.8) is 0 Å². The average molecular weight is 261 g/mol. The third-order valence-electron chi connectivity index (χ3n) is 2.18. The first-order valence-electron chi connectivity index (χ1n) is 5.10. The third-order valence-corrected chi connectivity index (χ3v) is 2.39. The summed E-state index contributed by atoms with van der Waals surface area (Å²) >= 11 is 5.76. The first kappa shape index (κ1) is 12.2. The molecule has 1 heterocycles. The monoisotopic (exact) mass is 260 g/mol. The van der Waals surface area contributed by atoms with Gasteiger partial charge in [0, 0.05) is 18.3 Å². The second-order valence-electron chi connectivity index (χ2n) is 3.43. The Morgan fingerprint density at radius 1 is 1.17 bits per heavy atom. The number of pyridine rings is 1. The van der Waals surface area contributed by atoms with Gasteiger partial charge in [0.15, 0.2) is 0 Å². The molecule has 90 valence electrons. The highest BCUT2D eigenvalue weighted by Crippen LogP contribution is 2.27. The molecular weight excluding hydrogens is 252 g/mol. The molecule has 1 aromatic heterocycles. The van der Waals surface area contributed by atoms with Crippen LogP contribution in [0.1, 0.15) is 5.56 Å². The van der Waals surface area contributed by atoms with Crippen molar-refractivity contribution < 1.29 is 9.47 Å². The van der Waals surface area contributed by atoms with Crippen LogP contribution in [0.3, 0.4) is 0 Å². The quantitative estimate of drug-likeness (QED) is 0.794. The Morgan fingerprint density at radius 2 is 1.94 bits per heavy atom. The fourth-order valence-electron chi connectivity index (χ4n) is 1.40. The Labute approximate surface area is 109 Å². The molecule has 0 aliphatic rings. The van der Waals surface area contributed by atoms with Crippen molar-refractivity contribution in [2.45, 2.75) is 0 Å². The van der Waals surface area contributed by atoms with Crippen LogP contribution in [0, 0.1) is 11.3 Å². The lowest BCUT2D eigenvalue weighted by Gasteiger charge is -2.08. The van der Waals surface area contributed by atoms with E-state index in [1.54, 1.807) is 36.5 Å². The summed E-state index contributed by atoms with van der Waals surface area (Å²) in [6.45, 7) is 0. The minimum absolute atomic E-state index is 0.343. The molecule has 0 N–H and O–H groups in total. The molecule has 0 atom stereocenters. The normalized spacial score (nSPS) is 9.61. The first-order valence-corrected chi connectivity index (χ1v) is 5.47. The van der Waals surface area contributed by atoms with Gasteiger partial charge in [-0.3, -0.25) is 0 Å². The summed E-state index contributed by atoms with van der Waals surface area (Å²) in [5, 5.41) is 9.24. The number of hydrogen-bond acceptors (Lipinski definition) is 4. The molecule has 0 fully saturated rings. The standard InChI is InChI=1S/C13H9ClN2O2/c1-17-11-4-9(8-15)5-12(6-11)18-10-2-3-16-13(14)7-10/h2-7H,1H3. The van der Waals surface area contributed by atoms with Crippen LogP contribution in [-0.4, -0.2) is 12.1 Å². The van der Waals surface area contributed by atoms with E-state index in [1.807, 2.05) is 6.07 Å². The largest absolute Gasteiger partial charge is 0.497 e. The van der Waals surface area contributed by atoms with Crippen molar-refractivity contribution >= 4 is 11.6 Å². The van der Waals surface area contributed by atoms with E-state index in [9.17, 15) is 0 Å². The maximum absolute atomic E-state index is 8.90. The predicted octanol–water partition coefficient (Wildman–Crippen LogP) is 3.41. The van der Waals surface area contributed by atoms with Gasteiger partial charge in [-0.2, -0.15) is 5.26 Å². The van der Waals surface area contributed by atoms with E-state index in [4.69, 9.17) is 26.3 Å². The number of methoxy groups -OCH3 is 1. The van der Waals surface area contributed by atoms with E-state index in [0.29, 0.717) is 28.0 Å². The highest BCUT2D eigenvalue weighted by molar-refractivity contribution is 6.29. The van der Waals surface area contributed by atoms with Gasteiger partial charge in [0.25, 0.3) is 0 Å². The van der Waals surface area contributed by atoms with E-state index < -0.39 is 0 Å². The predicted molar refractivity (Wildman–Crippen MR) is 67.0 cm³/mol. The lowest BCUT2D eigenvalue weighted by molar-refractivity contribution is 0.409. The Morgan fingerprint density at radius 3 is 2.61 bits per heavy atom. The van der Waals surface area contributed by atoms with Crippen LogP contribution in [0.5, 0.6) is 17.2 Å². The smallest absolute Gasteiger partial charge is 0.132 e. The minimum Gasteiger partial charge on any atom is -0.497 e. The van der Waals surface area contributed by atoms with E-state index in [2.05, 4.69) is 4.98 Å². The van der Waals surface area contributed by atoms with E-state index >= 15 is 0 Å². The van der Waals surface area contributed by atoms with Crippen LogP contribution in [0.4, 0.5) is 0 Å². The van der Waals surface area contributed by atoms with Crippen LogP contribution in [0.25, 0.3) is 0 Å². The fourth-order valence-corrected chi connectivity index (χ4v) is 1.56. The van der Waals surface area contributed by atoms with Gasteiger partial charge in [-0.15, -0.1) is 0 Å². The van der Waals surface area contributed by atoms with Crippen LogP contribution in [0.15, 0.2) is 36.5 Å². The van der Waals surface area contributed by atoms with Crippen molar-refractivity contribution in [1.82, 2.24) is 4.98 Å². The van der Waals surface area contributed by atoms with Crippen LogP contribution >= 0.6 is 11.6 Å². The molecule has 0 amide bonds. The summed E-state index contributed by atoms with van der Waals surface area (Å²) in [4.78, 5) is 3.86. The molecular formula is C13H9ClN2O2. The lowest BCUT2D eigenvalue weighted by atomic mass is 10.2. The molecule has 0 aliphatic heterocycles. The third kappa shape index (κ3) is 2.90. The molecule has 4 nitrogen and oxygen atoms in total. The average Bonchev–Trinajstić information content (AvgIpc) is 2.38. The molecule has 0 spiro atoms. The number of nitriles is 1. The topological polar surface area (TPSA) is 55.1 Å². The van der Waals surface area contributed by atoms with E-state index in [-0.39, 0.29) is 0 Å². The van der Waals surface area contributed by atoms with Crippen LogP contribution in [-0.2, 0) is 0 Å². The molecule has 0 aliphatic carbocycles. The zero-order valence-electron chi connectivity index (χ0n) is 9.55. The fraction of sp³-hybridized carbons (Fsp3) is 0.0769. The number of hydrogen-bond donors (Lipinski definition) is 0. The molecule has 0 saturated heterocycles. The number of rotatable bonds is 3. The summed E-state index contributed by atoms with van der Waals surface area (Å²) in [7, 11) is 1.53. The first-order chi connectivity index (χ1) is 8.71. The molecule has 18 heavy (non-hydrogen) atoms. The molecule has 1 aromatic carbocycles. The zero-order valence-corrected chi connectivity index (χ0v) is 10.3. The summed E-state index contributed by atoms with van der Waals surface area (Å²) in [5.74, 6) is 1.62. The van der Waals surface area contributed by atoms with Crippen LogP contribution in [0.2, 0.25) is 5.15 Å². The Hall–Kier alpha value is -2.25. The van der Waals surface area contributed by atoms with Gasteiger partial charge in [0.2, 0.25) is 0 Å². The molecule has 2 rings (SSSR count). The number of ether oxygens (including phenoxy) is 2. The summed E-state index contributed by atoms with van der Waals surface area (Å²) in [6, 6.07) is 10.3. The van der Waals surface area contributed by atoms with Crippen LogP contribution < -0.4 is 9.47 Å². The van der Waals surface area contributed by atoms with Crippen molar-refractivity contribution in [2.75, 3.05) is 7.11 Å². The van der Waals surface area contributed by atoms with Gasteiger partial charge in [-0.25, -0.2) is 4.98 Å². The molecule has 0 bridgehead atoms. The van der Waals surface area contributed by atoms with Crippen molar-refractivity contribution in [1.29, 1.82) is 5.26 Å². The highest BCUT2D eigenvalue weighted by atomic mass is 35.5. The maximum Gasteiger partial charge on any atom is 0.132 e. The summed E-state index contributed by atoms with van der Waals surface area (Å²) in [5.41, 5.74) is 0.463. The molecule has 0 radical (unpaired) electrons. The van der Waals surface area contributed by atoms with Gasteiger partial charge >= 0.3 is 0 Å². The zero-order chi connectivity index (χ0) is 13.0. The van der Waals surface area contributed by atoms with Crippen molar-refractivity contribution in [2.24, 2.45) is 0 Å². The molecule has 5 heteroatoms. The number of nitrogens with zero attached hydrogens (tertiary/aromatic N) is 2. The van der Waals surface area contributed by atoms with Gasteiger partial charge in [0.1, 0.15) is 22.4 Å². The van der Waals surface area contributed by atoms with Gasteiger partial charge < -0.3 is 9.47 Å².